The summed E-state index contributed by atoms with van der Waals surface area (Å²) >= 11 is 0. The number of benzene rings is 1. The molecule has 2 N–H and O–H groups in total. The van der Waals surface area contributed by atoms with Gasteiger partial charge in [0.15, 0.2) is 5.76 Å². The Morgan fingerprint density at radius 2 is 2.29 bits per heavy atom. The maximum absolute atomic E-state index is 12.3. The van der Waals surface area contributed by atoms with Crippen LogP contribution in [-0.2, 0) is 0 Å². The van der Waals surface area contributed by atoms with E-state index in [2.05, 4.69) is 15.6 Å². The van der Waals surface area contributed by atoms with Gasteiger partial charge in [0.05, 0.1) is 11.1 Å². The van der Waals surface area contributed by atoms with E-state index in [0.29, 0.717) is 23.4 Å². The molecule has 1 aromatic heterocycles. The fourth-order valence-electron chi connectivity index (χ4n) is 3.50. The number of fused-ring (bicyclic) bond motifs is 2. The standard InChI is InChI=1S/C16H16N4O4/c21-15(19-13-7-10-4-5-12(13)18-10)16-17-8-14(24-16)9-2-1-3-11(6-9)20(22)23/h1-3,6,8,10,12-13,18H,4-5,7H2,(H,19,21)/t10-,12+,13-/m1/s1. The largest absolute Gasteiger partial charge is 0.432 e. The van der Waals surface area contributed by atoms with Crippen LogP contribution < -0.4 is 10.6 Å². The fourth-order valence-corrected chi connectivity index (χ4v) is 3.50. The Morgan fingerprint density at radius 1 is 1.42 bits per heavy atom. The zero-order chi connectivity index (χ0) is 16.7. The minimum Gasteiger partial charge on any atom is -0.432 e. The third-order valence-corrected chi connectivity index (χ3v) is 4.66. The van der Waals surface area contributed by atoms with Crippen LogP contribution in [0.4, 0.5) is 5.69 Å². The van der Waals surface area contributed by atoms with Crippen molar-refractivity contribution in [1.82, 2.24) is 15.6 Å². The summed E-state index contributed by atoms with van der Waals surface area (Å²) < 4.78 is 5.49. The highest BCUT2D eigenvalue weighted by molar-refractivity contribution is 5.90. The smallest absolute Gasteiger partial charge is 0.307 e. The van der Waals surface area contributed by atoms with Gasteiger partial charge in [0.2, 0.25) is 0 Å². The van der Waals surface area contributed by atoms with E-state index < -0.39 is 4.92 Å². The fraction of sp³-hybridized carbons (Fsp3) is 0.375. The molecule has 0 aliphatic carbocycles. The van der Waals surface area contributed by atoms with E-state index >= 15 is 0 Å². The minimum absolute atomic E-state index is 0.0284. The van der Waals surface area contributed by atoms with Crippen molar-refractivity contribution in [2.45, 2.75) is 37.4 Å². The molecule has 2 aliphatic rings. The molecule has 0 spiro atoms. The van der Waals surface area contributed by atoms with Crippen LogP contribution >= 0.6 is 0 Å². The van der Waals surface area contributed by atoms with E-state index in [1.54, 1.807) is 12.1 Å². The van der Waals surface area contributed by atoms with Crippen molar-refractivity contribution in [3.8, 4) is 11.3 Å². The van der Waals surface area contributed by atoms with E-state index in [1.165, 1.54) is 18.3 Å². The van der Waals surface area contributed by atoms with Crippen molar-refractivity contribution < 1.29 is 14.1 Å². The molecule has 8 nitrogen and oxygen atoms in total. The monoisotopic (exact) mass is 328 g/mol. The molecule has 0 unspecified atom stereocenters. The minimum atomic E-state index is -0.477. The summed E-state index contributed by atoms with van der Waals surface area (Å²) in [6, 6.07) is 6.95. The zero-order valence-corrected chi connectivity index (χ0v) is 12.8. The first kappa shape index (κ1) is 14.8. The van der Waals surface area contributed by atoms with Gasteiger partial charge in [0, 0.05) is 35.8 Å². The lowest BCUT2D eigenvalue weighted by atomic mass is 9.95. The number of nitro benzene ring substituents is 1. The Morgan fingerprint density at radius 3 is 3.00 bits per heavy atom. The lowest BCUT2D eigenvalue weighted by Gasteiger charge is -2.20. The number of amides is 1. The number of carbonyl (C=O) groups excluding carboxylic acids is 1. The van der Waals surface area contributed by atoms with Gasteiger partial charge >= 0.3 is 5.91 Å². The lowest BCUT2D eigenvalue weighted by Crippen LogP contribution is -2.43. The SMILES string of the molecule is O=C(N[C@@H]1C[C@H]2CC[C@@H]1N2)c1ncc(-c2cccc([N+](=O)[O-])c2)o1. The highest BCUT2D eigenvalue weighted by atomic mass is 16.6. The summed E-state index contributed by atoms with van der Waals surface area (Å²) in [5.41, 5.74) is 0.472. The van der Waals surface area contributed by atoms with Gasteiger partial charge in [-0.05, 0) is 19.3 Å². The summed E-state index contributed by atoms with van der Waals surface area (Å²) in [6.45, 7) is 0. The van der Waals surface area contributed by atoms with E-state index in [-0.39, 0.29) is 23.5 Å². The summed E-state index contributed by atoms with van der Waals surface area (Å²) in [6.07, 6.45) is 4.56. The first-order valence-electron chi connectivity index (χ1n) is 7.88. The average Bonchev–Trinajstić information content (AvgIpc) is 3.31. The molecule has 2 fully saturated rings. The Balaban J connectivity index is 1.49. The molecule has 3 atom stereocenters. The number of nitrogens with zero attached hydrogens (tertiary/aromatic N) is 2. The second kappa shape index (κ2) is 5.72. The van der Waals surface area contributed by atoms with Crippen LogP contribution in [0.1, 0.15) is 29.9 Å². The van der Waals surface area contributed by atoms with E-state index in [0.717, 1.165) is 19.3 Å². The molecule has 24 heavy (non-hydrogen) atoms. The van der Waals surface area contributed by atoms with Crippen LogP contribution in [-0.4, -0.2) is 33.9 Å². The molecule has 0 saturated carbocycles. The van der Waals surface area contributed by atoms with Crippen LogP contribution in [0.15, 0.2) is 34.9 Å². The molecule has 3 heterocycles. The Labute approximate surface area is 137 Å². The number of carbonyl (C=O) groups is 1. The molecule has 4 rings (SSSR count). The quantitative estimate of drug-likeness (QED) is 0.655. The molecule has 0 radical (unpaired) electrons. The van der Waals surface area contributed by atoms with Gasteiger partial charge in [-0.1, -0.05) is 12.1 Å². The third kappa shape index (κ3) is 2.65. The molecule has 8 heteroatoms. The molecule has 124 valence electrons. The number of hydrogen-bond acceptors (Lipinski definition) is 6. The topological polar surface area (TPSA) is 110 Å². The number of oxazole rings is 1. The predicted molar refractivity (Wildman–Crippen MR) is 84.4 cm³/mol. The third-order valence-electron chi connectivity index (χ3n) is 4.66. The summed E-state index contributed by atoms with van der Waals surface area (Å²) in [4.78, 5) is 26.7. The maximum Gasteiger partial charge on any atom is 0.307 e. The number of nitro groups is 1. The van der Waals surface area contributed by atoms with Gasteiger partial charge < -0.3 is 15.1 Å². The van der Waals surface area contributed by atoms with E-state index in [1.807, 2.05) is 0 Å². The number of hydrogen-bond donors (Lipinski definition) is 2. The molecule has 2 bridgehead atoms. The summed E-state index contributed by atoms with van der Waals surface area (Å²) in [5.74, 6) is -0.0553. The second-order valence-corrected chi connectivity index (χ2v) is 6.20. The van der Waals surface area contributed by atoms with Gasteiger partial charge in [0.25, 0.3) is 11.6 Å². The first-order chi connectivity index (χ1) is 11.6. The first-order valence-corrected chi connectivity index (χ1v) is 7.88. The highest BCUT2D eigenvalue weighted by Gasteiger charge is 2.40. The van der Waals surface area contributed by atoms with Crippen molar-refractivity contribution in [3.05, 3.63) is 46.5 Å². The number of aromatic nitrogens is 1. The summed E-state index contributed by atoms with van der Waals surface area (Å²) in [7, 11) is 0. The van der Waals surface area contributed by atoms with Gasteiger partial charge in [-0.15, -0.1) is 0 Å². The average molecular weight is 328 g/mol. The number of rotatable bonds is 4. The molecule has 1 aromatic carbocycles. The van der Waals surface area contributed by atoms with Crippen LogP contribution in [0.2, 0.25) is 0 Å². The molecule has 2 aromatic rings. The second-order valence-electron chi connectivity index (χ2n) is 6.20. The molecular weight excluding hydrogens is 312 g/mol. The van der Waals surface area contributed by atoms with Crippen molar-refractivity contribution in [2.75, 3.05) is 0 Å². The molecular formula is C16H16N4O4. The number of nitrogens with one attached hydrogen (secondary N) is 2. The van der Waals surface area contributed by atoms with E-state index in [9.17, 15) is 14.9 Å². The summed E-state index contributed by atoms with van der Waals surface area (Å²) in [5, 5.41) is 17.3. The van der Waals surface area contributed by atoms with Gasteiger partial charge in [-0.3, -0.25) is 14.9 Å². The van der Waals surface area contributed by atoms with Crippen molar-refractivity contribution >= 4 is 11.6 Å². The van der Waals surface area contributed by atoms with Crippen LogP contribution in [0.25, 0.3) is 11.3 Å². The van der Waals surface area contributed by atoms with E-state index in [4.69, 9.17) is 4.42 Å². The molecule has 1 amide bonds. The van der Waals surface area contributed by atoms with Crippen molar-refractivity contribution in [2.24, 2.45) is 0 Å². The zero-order valence-electron chi connectivity index (χ0n) is 12.8. The highest BCUT2D eigenvalue weighted by Crippen LogP contribution is 2.29. The molecule has 2 aliphatic heterocycles. The predicted octanol–water partition coefficient (Wildman–Crippen LogP) is 1.87. The normalized spacial score (nSPS) is 24.9. The van der Waals surface area contributed by atoms with Gasteiger partial charge in [-0.25, -0.2) is 4.98 Å². The number of non-ortho nitro benzene ring substituents is 1. The van der Waals surface area contributed by atoms with Crippen LogP contribution in [0.3, 0.4) is 0 Å². The Kier molecular flexibility index (Phi) is 3.53. The Hall–Kier alpha value is -2.74. The lowest BCUT2D eigenvalue weighted by molar-refractivity contribution is -0.384. The van der Waals surface area contributed by atoms with Gasteiger partial charge in [-0.2, -0.15) is 0 Å². The van der Waals surface area contributed by atoms with Crippen LogP contribution in [0.5, 0.6) is 0 Å². The maximum atomic E-state index is 12.3. The van der Waals surface area contributed by atoms with Crippen molar-refractivity contribution in [3.63, 3.8) is 0 Å². The molecule has 2 saturated heterocycles. The van der Waals surface area contributed by atoms with Crippen LogP contribution in [0, 0.1) is 10.1 Å². The Bertz CT molecular complexity index is 803. The van der Waals surface area contributed by atoms with Crippen molar-refractivity contribution in [1.29, 1.82) is 0 Å². The van der Waals surface area contributed by atoms with Gasteiger partial charge in [0.1, 0.15) is 0 Å².